The maximum atomic E-state index is 13.6. The molecule has 1 saturated carbocycles. The number of amides is 2. The Hall–Kier alpha value is -3.66. The van der Waals surface area contributed by atoms with Crippen LogP contribution in [0, 0.1) is 11.7 Å². The molecule has 1 heterocycles. The summed E-state index contributed by atoms with van der Waals surface area (Å²) in [4.78, 5) is 26.7. The molecular formula is C30H36FN3O5S. The number of furan rings is 1. The van der Waals surface area contributed by atoms with Crippen LogP contribution >= 0.6 is 0 Å². The highest BCUT2D eigenvalue weighted by Gasteiger charge is 2.28. The van der Waals surface area contributed by atoms with E-state index < -0.39 is 27.6 Å². The Kier molecular flexibility index (Phi) is 9.63. The van der Waals surface area contributed by atoms with Gasteiger partial charge >= 0.3 is 0 Å². The maximum absolute atomic E-state index is 13.6. The van der Waals surface area contributed by atoms with Crippen molar-refractivity contribution in [2.75, 3.05) is 18.1 Å². The lowest BCUT2D eigenvalue weighted by molar-refractivity contribution is -0.124. The molecule has 40 heavy (non-hydrogen) atoms. The van der Waals surface area contributed by atoms with Gasteiger partial charge in [-0.15, -0.1) is 0 Å². The van der Waals surface area contributed by atoms with Crippen LogP contribution in [0.5, 0.6) is 0 Å². The van der Waals surface area contributed by atoms with E-state index in [4.69, 9.17) is 4.42 Å². The number of hydrogen-bond donors (Lipinski definition) is 3. The molecule has 0 aliphatic heterocycles. The minimum Gasteiger partial charge on any atom is -0.451 e. The van der Waals surface area contributed by atoms with E-state index in [0.717, 1.165) is 31.9 Å². The van der Waals surface area contributed by atoms with Crippen molar-refractivity contribution >= 4 is 27.3 Å². The third-order valence-electron chi connectivity index (χ3n) is 7.12. The van der Waals surface area contributed by atoms with Crippen LogP contribution in [0.1, 0.15) is 56.0 Å². The molecule has 0 unspecified atom stereocenters. The normalized spacial score (nSPS) is 15.7. The molecule has 3 aromatic rings. The van der Waals surface area contributed by atoms with Gasteiger partial charge in [-0.2, -0.15) is 0 Å². The van der Waals surface area contributed by atoms with Gasteiger partial charge in [0.25, 0.3) is 5.91 Å². The summed E-state index contributed by atoms with van der Waals surface area (Å²) >= 11 is 0. The summed E-state index contributed by atoms with van der Waals surface area (Å²) in [5.41, 5.74) is 1.14. The van der Waals surface area contributed by atoms with Crippen molar-refractivity contribution in [3.05, 3.63) is 72.2 Å². The van der Waals surface area contributed by atoms with Gasteiger partial charge in [0.2, 0.25) is 5.91 Å². The third-order valence-corrected chi connectivity index (χ3v) is 8.23. The highest BCUT2D eigenvalue weighted by Crippen LogP contribution is 2.28. The maximum Gasteiger partial charge on any atom is 0.287 e. The van der Waals surface area contributed by atoms with Crippen LogP contribution in [0.3, 0.4) is 0 Å². The predicted octanol–water partition coefficient (Wildman–Crippen LogP) is 5.17. The number of sulfone groups is 1. The average Bonchev–Trinajstić information content (AvgIpc) is 3.43. The summed E-state index contributed by atoms with van der Waals surface area (Å²) in [6.45, 7) is 2.20. The highest BCUT2D eigenvalue weighted by molar-refractivity contribution is 7.90. The number of nitrogens with one attached hydrogen (secondary N) is 3. The molecule has 8 nitrogen and oxygen atoms in total. The Morgan fingerprint density at radius 1 is 1.00 bits per heavy atom. The average molecular weight is 570 g/mol. The van der Waals surface area contributed by atoms with Gasteiger partial charge in [0.05, 0.1) is 4.90 Å². The first-order valence-corrected chi connectivity index (χ1v) is 15.5. The van der Waals surface area contributed by atoms with Crippen LogP contribution < -0.4 is 16.0 Å². The molecule has 2 amide bonds. The second kappa shape index (κ2) is 13.1. The van der Waals surface area contributed by atoms with Crippen LogP contribution in [0.2, 0.25) is 0 Å². The van der Waals surface area contributed by atoms with Crippen LogP contribution in [-0.2, 0) is 14.6 Å². The number of halogens is 1. The molecular weight excluding hydrogens is 533 g/mol. The van der Waals surface area contributed by atoms with Gasteiger partial charge in [-0.3, -0.25) is 9.59 Å². The minimum absolute atomic E-state index is 0.0428. The summed E-state index contributed by atoms with van der Waals surface area (Å²) in [5, 5.41) is 8.99. The number of anilines is 1. The predicted molar refractivity (Wildman–Crippen MR) is 152 cm³/mol. The van der Waals surface area contributed by atoms with Crippen LogP contribution in [0.15, 0.2) is 70.0 Å². The van der Waals surface area contributed by atoms with E-state index in [-0.39, 0.29) is 22.6 Å². The van der Waals surface area contributed by atoms with Gasteiger partial charge in [0, 0.05) is 30.1 Å². The molecule has 1 aliphatic rings. The number of benzene rings is 2. The molecule has 4 rings (SSSR count). The highest BCUT2D eigenvalue weighted by atomic mass is 32.2. The first-order valence-electron chi connectivity index (χ1n) is 13.6. The van der Waals surface area contributed by atoms with Crippen LogP contribution in [0.25, 0.3) is 11.3 Å². The number of rotatable bonds is 11. The summed E-state index contributed by atoms with van der Waals surface area (Å²) in [5.74, 6) is -0.483. The van der Waals surface area contributed by atoms with Gasteiger partial charge < -0.3 is 20.4 Å². The molecule has 0 spiro atoms. The van der Waals surface area contributed by atoms with Crippen molar-refractivity contribution in [1.82, 2.24) is 10.6 Å². The molecule has 0 saturated heterocycles. The van der Waals surface area contributed by atoms with Crippen molar-refractivity contribution in [3.8, 4) is 11.3 Å². The zero-order valence-corrected chi connectivity index (χ0v) is 23.6. The quantitative estimate of drug-likeness (QED) is 0.293. The van der Waals surface area contributed by atoms with E-state index in [9.17, 15) is 22.4 Å². The topological polar surface area (TPSA) is 118 Å². The summed E-state index contributed by atoms with van der Waals surface area (Å²) in [6, 6.07) is 14.5. The molecule has 0 bridgehead atoms. The Labute approximate surface area is 234 Å². The summed E-state index contributed by atoms with van der Waals surface area (Å²) < 4.78 is 43.0. The largest absolute Gasteiger partial charge is 0.451 e. The van der Waals surface area contributed by atoms with E-state index >= 15 is 0 Å². The fourth-order valence-corrected chi connectivity index (χ4v) is 5.64. The lowest BCUT2D eigenvalue weighted by Crippen LogP contribution is -2.51. The van der Waals surface area contributed by atoms with E-state index in [1.807, 2.05) is 6.92 Å². The standard InChI is InChI=1S/C30H36FN3O5S/c1-20(19-32-24-12-7-13-25(18-24)40(2,37)38)33-29(35)26(16-21-8-4-3-5-9-21)34-30(36)28-15-14-27(39-28)22-10-6-11-23(31)17-22/h6-7,10-15,17-18,20-21,26,32H,3-5,8-9,16,19H2,1-2H3,(H,33,35)(H,34,36)/t20-,26-/m0/s1. The van der Waals surface area contributed by atoms with E-state index in [0.29, 0.717) is 35.9 Å². The number of carbonyl (C=O) groups excluding carboxylic acids is 2. The SMILES string of the molecule is C[C@@H](CNc1cccc(S(C)(=O)=O)c1)NC(=O)[C@H](CC1CCCCC1)NC(=O)c1ccc(-c2cccc(F)c2)o1. The Morgan fingerprint density at radius 3 is 2.48 bits per heavy atom. The second-order valence-corrected chi connectivity index (χ2v) is 12.5. The second-order valence-electron chi connectivity index (χ2n) is 10.5. The summed E-state index contributed by atoms with van der Waals surface area (Å²) in [7, 11) is -3.33. The molecule has 1 fully saturated rings. The van der Waals surface area contributed by atoms with Gasteiger partial charge in [0.15, 0.2) is 15.6 Å². The van der Waals surface area contributed by atoms with E-state index in [2.05, 4.69) is 16.0 Å². The molecule has 214 valence electrons. The Morgan fingerprint density at radius 2 is 1.75 bits per heavy atom. The van der Waals surface area contributed by atoms with Gasteiger partial charge in [0.1, 0.15) is 17.6 Å². The van der Waals surface area contributed by atoms with Gasteiger partial charge in [-0.25, -0.2) is 12.8 Å². The molecule has 1 aliphatic carbocycles. The molecule has 2 aromatic carbocycles. The molecule has 10 heteroatoms. The fourth-order valence-electron chi connectivity index (χ4n) is 4.98. The van der Waals surface area contributed by atoms with Crippen molar-refractivity contribution in [1.29, 1.82) is 0 Å². The van der Waals surface area contributed by atoms with Gasteiger partial charge in [-0.05, 0) is 61.7 Å². The molecule has 0 radical (unpaired) electrons. The van der Waals surface area contributed by atoms with Crippen molar-refractivity contribution in [2.45, 2.75) is 62.4 Å². The first kappa shape index (κ1) is 29.3. The van der Waals surface area contributed by atoms with E-state index in [1.54, 1.807) is 36.4 Å². The zero-order chi connectivity index (χ0) is 28.7. The smallest absolute Gasteiger partial charge is 0.287 e. The fraction of sp³-hybridized carbons (Fsp3) is 0.400. The van der Waals surface area contributed by atoms with Crippen molar-refractivity contribution < 1.29 is 26.8 Å². The molecule has 2 atom stereocenters. The Balaban J connectivity index is 1.40. The zero-order valence-electron chi connectivity index (χ0n) is 22.8. The monoisotopic (exact) mass is 569 g/mol. The number of hydrogen-bond acceptors (Lipinski definition) is 6. The lowest BCUT2D eigenvalue weighted by Gasteiger charge is -2.27. The minimum atomic E-state index is -3.33. The Bertz CT molecular complexity index is 1430. The van der Waals surface area contributed by atoms with Crippen molar-refractivity contribution in [2.24, 2.45) is 5.92 Å². The number of carbonyl (C=O) groups is 2. The molecule has 3 N–H and O–H groups in total. The van der Waals surface area contributed by atoms with Crippen LogP contribution in [0.4, 0.5) is 10.1 Å². The third kappa shape index (κ3) is 8.17. The van der Waals surface area contributed by atoms with Gasteiger partial charge in [-0.1, -0.05) is 50.3 Å². The summed E-state index contributed by atoms with van der Waals surface area (Å²) in [6.07, 6.45) is 7.09. The van der Waals surface area contributed by atoms with E-state index in [1.165, 1.54) is 30.7 Å². The lowest BCUT2D eigenvalue weighted by atomic mass is 9.84. The first-order chi connectivity index (χ1) is 19.1. The van der Waals surface area contributed by atoms with Crippen LogP contribution in [-0.4, -0.2) is 45.1 Å². The van der Waals surface area contributed by atoms with Crippen molar-refractivity contribution in [3.63, 3.8) is 0 Å². The molecule has 1 aromatic heterocycles.